The Balaban J connectivity index is 2.43. The first-order valence-electron chi connectivity index (χ1n) is 7.24. The topological polar surface area (TPSA) is 53.5 Å². The molecule has 120 valence electrons. The SMILES string of the molecule is Cc1ccnc(C[C@H](C)N(C)CCCS(=O)(=O)N(C)C)c1. The summed E-state index contributed by atoms with van der Waals surface area (Å²) < 4.78 is 24.7. The molecule has 0 aromatic carbocycles. The third kappa shape index (κ3) is 6.11. The molecule has 0 aliphatic carbocycles. The molecule has 0 spiro atoms. The maximum absolute atomic E-state index is 11.7. The van der Waals surface area contributed by atoms with E-state index in [1.807, 2.05) is 19.3 Å². The first-order chi connectivity index (χ1) is 9.72. The molecule has 0 amide bonds. The summed E-state index contributed by atoms with van der Waals surface area (Å²) in [6, 6.07) is 4.42. The molecule has 1 aromatic rings. The monoisotopic (exact) mass is 313 g/mol. The highest BCUT2D eigenvalue weighted by Crippen LogP contribution is 2.08. The number of pyridine rings is 1. The fourth-order valence-electron chi connectivity index (χ4n) is 2.07. The maximum Gasteiger partial charge on any atom is 0.213 e. The standard InChI is InChI=1S/C15H27N3O2S/c1-13-7-8-16-15(11-13)12-14(2)18(5)9-6-10-21(19,20)17(3)4/h7-8,11,14H,6,9-10,12H2,1-5H3/t14-/m0/s1. The van der Waals surface area contributed by atoms with E-state index in [2.05, 4.69) is 29.8 Å². The van der Waals surface area contributed by atoms with Crippen LogP contribution in [-0.2, 0) is 16.4 Å². The van der Waals surface area contributed by atoms with E-state index in [0.717, 1.165) is 18.7 Å². The Bertz CT molecular complexity index is 544. The van der Waals surface area contributed by atoms with Crippen molar-refractivity contribution in [1.29, 1.82) is 0 Å². The van der Waals surface area contributed by atoms with Crippen molar-refractivity contribution >= 4 is 10.0 Å². The number of rotatable bonds is 8. The van der Waals surface area contributed by atoms with Crippen LogP contribution in [-0.4, -0.2) is 62.1 Å². The van der Waals surface area contributed by atoms with E-state index in [-0.39, 0.29) is 5.75 Å². The van der Waals surface area contributed by atoms with Gasteiger partial charge in [0.2, 0.25) is 10.0 Å². The van der Waals surface area contributed by atoms with Crippen LogP contribution in [0.4, 0.5) is 0 Å². The van der Waals surface area contributed by atoms with Crippen LogP contribution in [0, 0.1) is 6.92 Å². The van der Waals surface area contributed by atoms with Crippen LogP contribution in [0.3, 0.4) is 0 Å². The van der Waals surface area contributed by atoms with Gasteiger partial charge in [-0.3, -0.25) is 4.98 Å². The smallest absolute Gasteiger partial charge is 0.213 e. The number of aromatic nitrogens is 1. The molecular formula is C15H27N3O2S. The van der Waals surface area contributed by atoms with Gasteiger partial charge in [-0.25, -0.2) is 12.7 Å². The summed E-state index contributed by atoms with van der Waals surface area (Å²) in [6.45, 7) is 4.97. The molecule has 0 saturated carbocycles. The van der Waals surface area contributed by atoms with Crippen molar-refractivity contribution in [3.63, 3.8) is 0 Å². The molecule has 0 aliphatic rings. The summed E-state index contributed by atoms with van der Waals surface area (Å²) >= 11 is 0. The van der Waals surface area contributed by atoms with Gasteiger partial charge in [0, 0.05) is 38.4 Å². The van der Waals surface area contributed by atoms with Crippen molar-refractivity contribution in [3.05, 3.63) is 29.6 Å². The first kappa shape index (κ1) is 18.1. The number of sulfonamides is 1. The molecule has 1 heterocycles. The van der Waals surface area contributed by atoms with Crippen molar-refractivity contribution in [1.82, 2.24) is 14.2 Å². The first-order valence-corrected chi connectivity index (χ1v) is 8.85. The third-order valence-electron chi connectivity index (χ3n) is 3.70. The van der Waals surface area contributed by atoms with Gasteiger partial charge in [0.05, 0.1) is 5.75 Å². The van der Waals surface area contributed by atoms with Gasteiger partial charge < -0.3 is 4.90 Å². The average Bonchev–Trinajstić information content (AvgIpc) is 2.38. The second-order valence-corrected chi connectivity index (χ2v) is 8.11. The van der Waals surface area contributed by atoms with Crippen molar-refractivity contribution < 1.29 is 8.42 Å². The maximum atomic E-state index is 11.7. The Morgan fingerprint density at radius 3 is 2.52 bits per heavy atom. The highest BCUT2D eigenvalue weighted by atomic mass is 32.2. The summed E-state index contributed by atoms with van der Waals surface area (Å²) in [7, 11) is 2.09. The van der Waals surface area contributed by atoms with Crippen LogP contribution in [0.2, 0.25) is 0 Å². The molecule has 0 unspecified atom stereocenters. The Hall–Kier alpha value is -0.980. The lowest BCUT2D eigenvalue weighted by molar-refractivity contribution is 0.255. The molecule has 0 bridgehead atoms. The van der Waals surface area contributed by atoms with Crippen LogP contribution in [0.15, 0.2) is 18.3 Å². The number of likely N-dealkylation sites (N-methyl/N-ethyl adjacent to an activating group) is 1. The summed E-state index contributed by atoms with van der Waals surface area (Å²) in [5.74, 6) is 0.194. The van der Waals surface area contributed by atoms with Gasteiger partial charge in [0.25, 0.3) is 0 Å². The molecule has 0 aliphatic heterocycles. The van der Waals surface area contributed by atoms with Gasteiger partial charge in [-0.15, -0.1) is 0 Å². The number of nitrogens with zero attached hydrogens (tertiary/aromatic N) is 3. The zero-order valence-electron chi connectivity index (χ0n) is 13.7. The Kier molecular flexibility index (Phi) is 6.77. The van der Waals surface area contributed by atoms with Crippen LogP contribution in [0.5, 0.6) is 0 Å². The summed E-state index contributed by atoms with van der Waals surface area (Å²) in [4.78, 5) is 6.57. The molecule has 6 heteroatoms. The quantitative estimate of drug-likeness (QED) is 0.730. The molecule has 0 saturated heterocycles. The normalized spacial score (nSPS) is 13.9. The summed E-state index contributed by atoms with van der Waals surface area (Å²) in [6.07, 6.45) is 3.35. The molecule has 21 heavy (non-hydrogen) atoms. The van der Waals surface area contributed by atoms with Gasteiger partial charge >= 0.3 is 0 Å². The molecule has 0 N–H and O–H groups in total. The molecule has 0 radical (unpaired) electrons. The minimum absolute atomic E-state index is 0.194. The van der Waals surface area contributed by atoms with Gasteiger partial charge in [0.1, 0.15) is 0 Å². The predicted molar refractivity (Wildman–Crippen MR) is 86.9 cm³/mol. The second-order valence-electron chi connectivity index (χ2n) is 5.81. The van der Waals surface area contributed by atoms with E-state index < -0.39 is 10.0 Å². The van der Waals surface area contributed by atoms with Gasteiger partial charge in [0.15, 0.2) is 0 Å². The minimum Gasteiger partial charge on any atom is -0.303 e. The Labute approximate surface area is 129 Å². The molecule has 1 atom stereocenters. The summed E-state index contributed by atoms with van der Waals surface area (Å²) in [5, 5.41) is 0. The van der Waals surface area contributed by atoms with E-state index in [1.54, 1.807) is 14.1 Å². The van der Waals surface area contributed by atoms with E-state index in [4.69, 9.17) is 0 Å². The zero-order valence-corrected chi connectivity index (χ0v) is 14.5. The molecule has 1 rings (SSSR count). The van der Waals surface area contributed by atoms with Crippen molar-refractivity contribution in [2.45, 2.75) is 32.7 Å². The number of aryl methyl sites for hydroxylation is 1. The van der Waals surface area contributed by atoms with Crippen LogP contribution in [0.1, 0.15) is 24.6 Å². The highest BCUT2D eigenvalue weighted by Gasteiger charge is 2.15. The lowest BCUT2D eigenvalue weighted by Crippen LogP contribution is -2.34. The van der Waals surface area contributed by atoms with E-state index in [0.29, 0.717) is 12.5 Å². The highest BCUT2D eigenvalue weighted by molar-refractivity contribution is 7.89. The Morgan fingerprint density at radius 2 is 1.95 bits per heavy atom. The minimum atomic E-state index is -3.09. The van der Waals surface area contributed by atoms with E-state index >= 15 is 0 Å². The van der Waals surface area contributed by atoms with Crippen molar-refractivity contribution in [2.75, 3.05) is 33.4 Å². The fourth-order valence-corrected chi connectivity index (χ4v) is 2.93. The predicted octanol–water partition coefficient (Wildman–Crippen LogP) is 1.53. The van der Waals surface area contributed by atoms with Gasteiger partial charge in [-0.2, -0.15) is 0 Å². The van der Waals surface area contributed by atoms with Crippen LogP contribution in [0.25, 0.3) is 0 Å². The van der Waals surface area contributed by atoms with Crippen molar-refractivity contribution in [3.8, 4) is 0 Å². The number of hydrogen-bond acceptors (Lipinski definition) is 4. The lowest BCUT2D eigenvalue weighted by atomic mass is 10.1. The van der Waals surface area contributed by atoms with Crippen molar-refractivity contribution in [2.24, 2.45) is 0 Å². The second kappa shape index (κ2) is 7.87. The summed E-state index contributed by atoms with van der Waals surface area (Å²) in [5.41, 5.74) is 2.29. The van der Waals surface area contributed by atoms with Gasteiger partial charge in [-0.05, 0) is 51.6 Å². The van der Waals surface area contributed by atoms with Crippen LogP contribution >= 0.6 is 0 Å². The van der Waals surface area contributed by atoms with Crippen LogP contribution < -0.4 is 0 Å². The van der Waals surface area contributed by atoms with Gasteiger partial charge in [-0.1, -0.05) is 0 Å². The largest absolute Gasteiger partial charge is 0.303 e. The number of hydrogen-bond donors (Lipinski definition) is 0. The molecular weight excluding hydrogens is 286 g/mol. The Morgan fingerprint density at radius 1 is 1.29 bits per heavy atom. The molecule has 5 nitrogen and oxygen atoms in total. The average molecular weight is 313 g/mol. The van der Waals surface area contributed by atoms with E-state index in [1.165, 1.54) is 9.87 Å². The third-order valence-corrected chi connectivity index (χ3v) is 5.62. The molecule has 0 fully saturated rings. The molecule has 1 aromatic heterocycles. The lowest BCUT2D eigenvalue weighted by Gasteiger charge is -2.24. The fraction of sp³-hybridized carbons (Fsp3) is 0.667. The zero-order chi connectivity index (χ0) is 16.0. The van der Waals surface area contributed by atoms with E-state index in [9.17, 15) is 8.42 Å².